The highest BCUT2D eigenvalue weighted by Gasteiger charge is 2.49. The minimum Gasteiger partial charge on any atom is -0.493 e. The van der Waals surface area contributed by atoms with Crippen molar-refractivity contribution in [3.63, 3.8) is 0 Å². The van der Waals surface area contributed by atoms with Gasteiger partial charge >= 0.3 is 6.09 Å². The largest absolute Gasteiger partial charge is 0.493 e. The number of allylic oxidation sites excluding steroid dienone is 2. The molecule has 0 bridgehead atoms. The molecule has 0 saturated heterocycles. The number of aryl methyl sites for hydroxylation is 1. The number of nitrogens with zero attached hydrogens (tertiary/aromatic N) is 3. The Morgan fingerprint density at radius 1 is 0.875 bits per heavy atom. The van der Waals surface area contributed by atoms with Crippen LogP contribution in [0.3, 0.4) is 0 Å². The predicted octanol–water partition coefficient (Wildman–Crippen LogP) is 9.83. The number of benzene rings is 3. The first kappa shape index (κ1) is 46.7. The van der Waals surface area contributed by atoms with Crippen LogP contribution < -0.4 is 29.3 Å². The third kappa shape index (κ3) is 9.27. The van der Waals surface area contributed by atoms with Gasteiger partial charge in [-0.3, -0.25) is 9.59 Å². The molecule has 7 rings (SSSR count). The zero-order valence-electron chi connectivity index (χ0n) is 39.4. The molecule has 0 aromatic heterocycles. The minimum absolute atomic E-state index is 0.0127. The summed E-state index contributed by atoms with van der Waals surface area (Å²) in [5.41, 5.74) is 6.65. The number of anilines is 3. The molecule has 3 aromatic carbocycles. The number of amides is 2. The molecular weight excluding hydrogens is 829 g/mol. The molecule has 1 unspecified atom stereocenters. The maximum atomic E-state index is 14.2. The van der Waals surface area contributed by atoms with E-state index in [0.717, 1.165) is 58.0 Å². The predicted molar refractivity (Wildman–Crippen MR) is 252 cm³/mol. The highest BCUT2D eigenvalue weighted by Crippen LogP contribution is 2.48. The van der Waals surface area contributed by atoms with Crippen molar-refractivity contribution in [1.29, 1.82) is 0 Å². The Bertz CT molecular complexity index is 2320. The van der Waals surface area contributed by atoms with Gasteiger partial charge in [-0.2, -0.15) is 0 Å². The van der Waals surface area contributed by atoms with E-state index >= 15 is 0 Å². The molecule has 64 heavy (non-hydrogen) atoms. The SMILES string of the molecule is CNc1ccc(COC(=O)N2c3cc(OCCCCCOc4cc5c(cc4C)C(=O)C4C=C(C)C[C@H]4[C@H](O[Si](C)(C)C(C)(C)C)N5C)c(OC)cc3C(=O)N3C=C(C)C[C@H]3[C@@H]2O)cc1. The summed E-state index contributed by atoms with van der Waals surface area (Å²) in [7, 11) is 3.19. The van der Waals surface area contributed by atoms with Gasteiger partial charge in [-0.25, -0.2) is 9.69 Å². The maximum Gasteiger partial charge on any atom is 0.416 e. The van der Waals surface area contributed by atoms with Gasteiger partial charge in [0.1, 0.15) is 18.6 Å². The van der Waals surface area contributed by atoms with Crippen molar-refractivity contribution in [3.05, 3.63) is 94.2 Å². The van der Waals surface area contributed by atoms with E-state index < -0.39 is 26.7 Å². The van der Waals surface area contributed by atoms with Crippen molar-refractivity contribution < 1.29 is 42.9 Å². The topological polar surface area (TPSA) is 139 Å². The number of hydrogen-bond acceptors (Lipinski definition) is 11. The first-order chi connectivity index (χ1) is 30.3. The van der Waals surface area contributed by atoms with Crippen LogP contribution in [0.2, 0.25) is 18.1 Å². The number of Topliss-reactive ketones (excluding diaryl/α,β-unsaturated/α-hetero) is 1. The Morgan fingerprint density at radius 3 is 2.20 bits per heavy atom. The number of aliphatic hydroxyl groups excluding tert-OH is 1. The highest BCUT2D eigenvalue weighted by atomic mass is 28.4. The summed E-state index contributed by atoms with van der Waals surface area (Å²) in [5, 5.41) is 14.8. The lowest BCUT2D eigenvalue weighted by Crippen LogP contribution is -2.52. The average Bonchev–Trinajstić information content (AvgIpc) is 3.82. The number of carbonyl (C=O) groups excluding carboxylic acids is 3. The number of fused-ring (bicyclic) bond motifs is 4. The molecule has 2 N–H and O–H groups in total. The van der Waals surface area contributed by atoms with Crippen LogP contribution >= 0.6 is 0 Å². The van der Waals surface area contributed by atoms with E-state index in [4.69, 9.17) is 23.4 Å². The second-order valence-electron chi connectivity index (χ2n) is 19.3. The number of methoxy groups -OCH3 is 1. The summed E-state index contributed by atoms with van der Waals surface area (Å²) in [5.74, 6) is 0.993. The van der Waals surface area contributed by atoms with Gasteiger partial charge in [0.05, 0.1) is 43.3 Å². The zero-order valence-corrected chi connectivity index (χ0v) is 40.4. The number of rotatable bonds is 14. The third-order valence-corrected chi connectivity index (χ3v) is 18.1. The number of aliphatic hydroxyl groups is 1. The van der Waals surface area contributed by atoms with Gasteiger partial charge in [0.25, 0.3) is 5.91 Å². The summed E-state index contributed by atoms with van der Waals surface area (Å²) < 4.78 is 31.2. The molecule has 2 amide bonds. The first-order valence-electron chi connectivity index (χ1n) is 22.5. The van der Waals surface area contributed by atoms with Gasteiger partial charge in [0, 0.05) is 55.5 Å². The lowest BCUT2D eigenvalue weighted by Gasteiger charge is -2.44. The van der Waals surface area contributed by atoms with Gasteiger partial charge in [-0.1, -0.05) is 50.1 Å². The molecule has 3 heterocycles. The van der Waals surface area contributed by atoms with Crippen molar-refractivity contribution in [2.75, 3.05) is 49.5 Å². The van der Waals surface area contributed by atoms with Crippen LogP contribution in [-0.2, 0) is 15.8 Å². The Balaban J connectivity index is 1.01. The van der Waals surface area contributed by atoms with Crippen LogP contribution in [0.25, 0.3) is 0 Å². The standard InChI is InChI=1S/C50H66N4O9Si/c1-30-21-35-36(22-30)48(63-64(10,11)50(4,5)6)52(8)39-26-42(32(3)24-37(39)45(35)55)60-19-13-12-14-20-61-44-27-40-38(25-43(44)59-9)46(56)53-28-31(2)23-41(53)47(57)54(40)49(58)62-29-33-15-17-34(51-7)18-16-33/h15-18,21,24-28,35-36,41,47-48,51,57H,12-14,19-20,22-23,29H2,1-11H3/t35?,36-,41+,47+,48+/m1/s1. The van der Waals surface area contributed by atoms with Gasteiger partial charge in [0.15, 0.2) is 31.8 Å². The van der Waals surface area contributed by atoms with Crippen LogP contribution in [0.4, 0.5) is 21.9 Å². The molecule has 0 spiro atoms. The summed E-state index contributed by atoms with van der Waals surface area (Å²) in [6, 6.07) is 13.9. The number of nitrogens with one attached hydrogen (secondary N) is 1. The molecule has 5 atom stereocenters. The Labute approximate surface area is 379 Å². The fraction of sp³-hybridized carbons (Fsp3) is 0.500. The third-order valence-electron chi connectivity index (χ3n) is 13.7. The first-order valence-corrected chi connectivity index (χ1v) is 25.4. The molecule has 0 radical (unpaired) electrons. The summed E-state index contributed by atoms with van der Waals surface area (Å²) in [6.07, 6.45) is 4.90. The van der Waals surface area contributed by atoms with Gasteiger partial charge < -0.3 is 43.6 Å². The molecule has 13 nitrogen and oxygen atoms in total. The van der Waals surface area contributed by atoms with Crippen LogP contribution in [0.1, 0.15) is 98.6 Å². The fourth-order valence-corrected chi connectivity index (χ4v) is 10.3. The van der Waals surface area contributed by atoms with Gasteiger partial charge in [-0.05, 0) is 106 Å². The van der Waals surface area contributed by atoms with Crippen LogP contribution in [-0.4, -0.2) is 89.0 Å². The number of ether oxygens (including phenoxy) is 4. The highest BCUT2D eigenvalue weighted by molar-refractivity contribution is 6.74. The average molecular weight is 895 g/mol. The van der Waals surface area contributed by atoms with Crippen molar-refractivity contribution in [2.24, 2.45) is 11.8 Å². The lowest BCUT2D eigenvalue weighted by molar-refractivity contribution is 0.0544. The number of ketones is 1. The van der Waals surface area contributed by atoms with E-state index in [9.17, 15) is 19.5 Å². The summed E-state index contributed by atoms with van der Waals surface area (Å²) >= 11 is 0. The molecular formula is C50H66N4O9Si. The monoisotopic (exact) mass is 894 g/mol. The summed E-state index contributed by atoms with van der Waals surface area (Å²) in [4.78, 5) is 46.9. The van der Waals surface area contributed by atoms with E-state index in [1.165, 1.54) is 17.6 Å². The number of carbonyl (C=O) groups is 3. The van der Waals surface area contributed by atoms with E-state index in [2.05, 4.69) is 57.1 Å². The molecule has 4 aliphatic rings. The molecule has 0 fully saturated rings. The molecule has 3 aliphatic heterocycles. The number of hydrogen-bond donors (Lipinski definition) is 2. The Morgan fingerprint density at radius 2 is 1.55 bits per heavy atom. The quantitative estimate of drug-likeness (QED) is 0.0909. The van der Waals surface area contributed by atoms with Crippen molar-refractivity contribution >= 4 is 43.2 Å². The molecule has 1 aliphatic carbocycles. The molecule has 0 saturated carbocycles. The Kier molecular flexibility index (Phi) is 13.6. The second kappa shape index (κ2) is 18.7. The van der Waals surface area contributed by atoms with Crippen LogP contribution in [0.15, 0.2) is 72.0 Å². The van der Waals surface area contributed by atoms with E-state index in [0.29, 0.717) is 43.1 Å². The van der Waals surface area contributed by atoms with Crippen LogP contribution in [0.5, 0.6) is 17.2 Å². The summed E-state index contributed by atoms with van der Waals surface area (Å²) in [6.45, 7) is 18.0. The van der Waals surface area contributed by atoms with E-state index in [1.54, 1.807) is 18.3 Å². The van der Waals surface area contributed by atoms with Crippen molar-refractivity contribution in [2.45, 2.75) is 117 Å². The maximum absolute atomic E-state index is 14.2. The van der Waals surface area contributed by atoms with Crippen LogP contribution in [0, 0.1) is 18.8 Å². The van der Waals surface area contributed by atoms with Gasteiger partial charge in [-0.15, -0.1) is 0 Å². The second-order valence-corrected chi connectivity index (χ2v) is 24.1. The fourth-order valence-electron chi connectivity index (χ4n) is 8.97. The molecule has 3 aromatic rings. The normalized spacial score (nSPS) is 21.8. The molecule has 14 heteroatoms. The van der Waals surface area contributed by atoms with E-state index in [1.807, 2.05) is 64.3 Å². The minimum atomic E-state index is -2.19. The van der Waals surface area contributed by atoms with Gasteiger partial charge in [0.2, 0.25) is 0 Å². The molecule has 344 valence electrons. The van der Waals surface area contributed by atoms with E-state index in [-0.39, 0.29) is 52.7 Å². The lowest BCUT2D eigenvalue weighted by atomic mass is 9.88. The zero-order chi connectivity index (χ0) is 46.2. The van der Waals surface area contributed by atoms with Crippen molar-refractivity contribution in [1.82, 2.24) is 4.90 Å². The number of unbranched alkanes of at least 4 members (excludes halogenated alkanes) is 2. The Hall–Kier alpha value is -5.31. The smallest absolute Gasteiger partial charge is 0.416 e. The van der Waals surface area contributed by atoms with Crippen molar-refractivity contribution in [3.8, 4) is 17.2 Å².